The van der Waals surface area contributed by atoms with E-state index in [0.29, 0.717) is 28.2 Å². The predicted molar refractivity (Wildman–Crippen MR) is 144 cm³/mol. The topological polar surface area (TPSA) is 102 Å². The highest BCUT2D eigenvalue weighted by molar-refractivity contribution is 6.30. The maximum Gasteiger partial charge on any atom is 0.336 e. The van der Waals surface area contributed by atoms with Crippen molar-refractivity contribution in [3.63, 3.8) is 0 Å². The summed E-state index contributed by atoms with van der Waals surface area (Å²) >= 11 is 5.91. The van der Waals surface area contributed by atoms with Crippen LogP contribution in [-0.2, 0) is 29.1 Å². The molecular weight excluding hydrogens is 492 g/mol. The van der Waals surface area contributed by atoms with Gasteiger partial charge in [0, 0.05) is 18.1 Å². The van der Waals surface area contributed by atoms with Gasteiger partial charge in [-0.15, -0.1) is 0 Å². The zero-order valence-electron chi connectivity index (χ0n) is 20.4. The molecule has 1 heterocycles. The molecule has 3 aromatic carbocycles. The summed E-state index contributed by atoms with van der Waals surface area (Å²) in [7, 11) is 0. The second kappa shape index (κ2) is 11.7. The number of aromatic nitrogens is 2. The third kappa shape index (κ3) is 6.16. The van der Waals surface area contributed by atoms with Crippen molar-refractivity contribution < 1.29 is 9.59 Å². The molecule has 8 nitrogen and oxygen atoms in total. The van der Waals surface area contributed by atoms with E-state index in [9.17, 15) is 19.2 Å². The fourth-order valence-electron chi connectivity index (χ4n) is 3.98. The highest BCUT2D eigenvalue weighted by atomic mass is 35.5. The molecule has 0 saturated heterocycles. The van der Waals surface area contributed by atoms with Gasteiger partial charge < -0.3 is 10.6 Å². The first kappa shape index (κ1) is 25.9. The minimum Gasteiger partial charge on any atom is -0.356 e. The van der Waals surface area contributed by atoms with Crippen molar-refractivity contribution in [1.29, 1.82) is 0 Å². The standard InChI is InChI=1S/C28H27ClN4O4/c1-2-15-30-25(34)16-19-9-13-22(14-10-19)33-27(36)23-5-3-4-6-24(23)32(28(33)37)18-26(35)31-17-20-7-11-21(29)12-8-20/h3-14H,2,15-18H2,1H3,(H,30,34)(H,31,35). The molecule has 2 amide bonds. The highest BCUT2D eigenvalue weighted by Crippen LogP contribution is 2.12. The number of para-hydroxylation sites is 1. The molecule has 4 rings (SSSR count). The van der Waals surface area contributed by atoms with Gasteiger partial charge in [0.2, 0.25) is 11.8 Å². The molecule has 0 saturated carbocycles. The molecule has 9 heteroatoms. The van der Waals surface area contributed by atoms with Crippen molar-refractivity contribution in [3.8, 4) is 5.69 Å². The summed E-state index contributed by atoms with van der Waals surface area (Å²) in [4.78, 5) is 51.6. The molecule has 0 atom stereocenters. The number of carbonyl (C=O) groups is 2. The van der Waals surface area contributed by atoms with Crippen LogP contribution in [0.4, 0.5) is 0 Å². The second-order valence-electron chi connectivity index (χ2n) is 8.62. The van der Waals surface area contributed by atoms with Crippen LogP contribution in [0.15, 0.2) is 82.4 Å². The van der Waals surface area contributed by atoms with Gasteiger partial charge in [-0.25, -0.2) is 9.36 Å². The molecule has 190 valence electrons. The van der Waals surface area contributed by atoms with E-state index in [-0.39, 0.29) is 31.3 Å². The minimum absolute atomic E-state index is 0.0931. The first-order chi connectivity index (χ1) is 17.9. The Morgan fingerprint density at radius 1 is 0.838 bits per heavy atom. The van der Waals surface area contributed by atoms with Crippen molar-refractivity contribution in [2.75, 3.05) is 6.54 Å². The van der Waals surface area contributed by atoms with Gasteiger partial charge in [-0.1, -0.05) is 54.9 Å². The number of fused-ring (bicyclic) bond motifs is 1. The Hall–Kier alpha value is -4.17. The minimum atomic E-state index is -0.626. The fraction of sp³-hybridized carbons (Fsp3) is 0.214. The molecule has 0 spiro atoms. The number of halogens is 1. The number of amides is 2. The molecule has 2 N–H and O–H groups in total. The SMILES string of the molecule is CCCNC(=O)Cc1ccc(-n2c(=O)c3ccccc3n(CC(=O)NCc3ccc(Cl)cc3)c2=O)cc1. The zero-order valence-corrected chi connectivity index (χ0v) is 21.1. The monoisotopic (exact) mass is 518 g/mol. The van der Waals surface area contributed by atoms with E-state index in [1.807, 2.05) is 19.1 Å². The van der Waals surface area contributed by atoms with Gasteiger partial charge in [-0.3, -0.25) is 19.0 Å². The van der Waals surface area contributed by atoms with Crippen molar-refractivity contribution in [3.05, 3.63) is 110 Å². The van der Waals surface area contributed by atoms with Gasteiger partial charge in [0.25, 0.3) is 5.56 Å². The lowest BCUT2D eigenvalue weighted by molar-refractivity contribution is -0.122. The van der Waals surface area contributed by atoms with Gasteiger partial charge in [0.15, 0.2) is 0 Å². The van der Waals surface area contributed by atoms with Crippen LogP contribution in [0.5, 0.6) is 0 Å². The lowest BCUT2D eigenvalue weighted by Crippen LogP contribution is -2.41. The normalized spacial score (nSPS) is 10.9. The summed E-state index contributed by atoms with van der Waals surface area (Å²) in [5, 5.41) is 6.54. The maximum atomic E-state index is 13.5. The van der Waals surface area contributed by atoms with E-state index in [2.05, 4.69) is 10.6 Å². The first-order valence-corrected chi connectivity index (χ1v) is 12.4. The third-order valence-electron chi connectivity index (χ3n) is 5.89. The number of hydrogen-bond donors (Lipinski definition) is 2. The number of benzene rings is 3. The summed E-state index contributed by atoms with van der Waals surface area (Å²) in [6, 6.07) is 20.5. The predicted octanol–water partition coefficient (Wildman–Crippen LogP) is 3.19. The van der Waals surface area contributed by atoms with Crippen LogP contribution in [-0.4, -0.2) is 27.5 Å². The largest absolute Gasteiger partial charge is 0.356 e. The molecule has 0 fully saturated rings. The third-order valence-corrected chi connectivity index (χ3v) is 6.14. The Balaban J connectivity index is 1.63. The summed E-state index contributed by atoms with van der Waals surface area (Å²) in [6.45, 7) is 2.60. The van der Waals surface area contributed by atoms with E-state index >= 15 is 0 Å². The quantitative estimate of drug-likeness (QED) is 0.355. The fourth-order valence-corrected chi connectivity index (χ4v) is 4.11. The molecule has 0 radical (unpaired) electrons. The van der Waals surface area contributed by atoms with E-state index in [1.165, 1.54) is 4.57 Å². The van der Waals surface area contributed by atoms with Crippen LogP contribution in [0.25, 0.3) is 16.6 Å². The smallest absolute Gasteiger partial charge is 0.336 e. The molecular formula is C28H27ClN4O4. The molecule has 0 bridgehead atoms. The average molecular weight is 519 g/mol. The van der Waals surface area contributed by atoms with Crippen LogP contribution in [0, 0.1) is 0 Å². The Kier molecular flexibility index (Phi) is 8.20. The van der Waals surface area contributed by atoms with E-state index in [1.54, 1.807) is 60.7 Å². The number of nitrogens with one attached hydrogen (secondary N) is 2. The van der Waals surface area contributed by atoms with Crippen LogP contribution in [0.1, 0.15) is 24.5 Å². The highest BCUT2D eigenvalue weighted by Gasteiger charge is 2.16. The van der Waals surface area contributed by atoms with E-state index < -0.39 is 11.2 Å². The number of rotatable bonds is 9. The second-order valence-corrected chi connectivity index (χ2v) is 9.06. The van der Waals surface area contributed by atoms with E-state index in [0.717, 1.165) is 22.1 Å². The first-order valence-electron chi connectivity index (χ1n) is 12.0. The Bertz CT molecular complexity index is 1540. The van der Waals surface area contributed by atoms with Crippen LogP contribution in [0.3, 0.4) is 0 Å². The van der Waals surface area contributed by atoms with Crippen molar-refractivity contribution >= 4 is 34.3 Å². The van der Waals surface area contributed by atoms with Crippen LogP contribution < -0.4 is 21.9 Å². The summed E-state index contributed by atoms with van der Waals surface area (Å²) in [6.07, 6.45) is 1.05. The maximum absolute atomic E-state index is 13.5. The Labute approximate surface area is 218 Å². The molecule has 1 aromatic heterocycles. The lowest BCUT2D eigenvalue weighted by atomic mass is 10.1. The zero-order chi connectivity index (χ0) is 26.4. The van der Waals surface area contributed by atoms with Gasteiger partial charge in [0.05, 0.1) is 23.0 Å². The molecule has 0 aliphatic rings. The van der Waals surface area contributed by atoms with Crippen molar-refractivity contribution in [2.45, 2.75) is 32.9 Å². The lowest BCUT2D eigenvalue weighted by Gasteiger charge is -2.14. The molecule has 0 aliphatic heterocycles. The number of hydrogen-bond acceptors (Lipinski definition) is 4. The Morgan fingerprint density at radius 2 is 1.51 bits per heavy atom. The number of carbonyl (C=O) groups excluding carboxylic acids is 2. The molecule has 37 heavy (non-hydrogen) atoms. The molecule has 0 aliphatic carbocycles. The van der Waals surface area contributed by atoms with Crippen LogP contribution >= 0.6 is 11.6 Å². The Morgan fingerprint density at radius 3 is 2.22 bits per heavy atom. The molecule has 0 unspecified atom stereocenters. The average Bonchev–Trinajstić information content (AvgIpc) is 2.90. The number of nitrogens with zero attached hydrogens (tertiary/aromatic N) is 2. The summed E-state index contributed by atoms with van der Waals surface area (Å²) in [5.74, 6) is -0.467. The van der Waals surface area contributed by atoms with Crippen LogP contribution in [0.2, 0.25) is 5.02 Å². The van der Waals surface area contributed by atoms with Gasteiger partial charge >= 0.3 is 5.69 Å². The van der Waals surface area contributed by atoms with Gasteiger partial charge in [-0.05, 0) is 53.9 Å². The van der Waals surface area contributed by atoms with Crippen molar-refractivity contribution in [2.24, 2.45) is 0 Å². The van der Waals surface area contributed by atoms with Gasteiger partial charge in [-0.2, -0.15) is 0 Å². The molecule has 4 aromatic rings. The summed E-state index contributed by atoms with van der Waals surface area (Å²) in [5.41, 5.74) is 1.25. The van der Waals surface area contributed by atoms with Gasteiger partial charge in [0.1, 0.15) is 6.54 Å². The van der Waals surface area contributed by atoms with E-state index in [4.69, 9.17) is 11.6 Å². The summed E-state index contributed by atoms with van der Waals surface area (Å²) < 4.78 is 2.34. The van der Waals surface area contributed by atoms with Crippen molar-refractivity contribution in [1.82, 2.24) is 19.8 Å².